The van der Waals surface area contributed by atoms with Crippen molar-refractivity contribution < 1.29 is 9.53 Å². The van der Waals surface area contributed by atoms with Crippen LogP contribution in [0, 0.1) is 22.2 Å². The van der Waals surface area contributed by atoms with Crippen molar-refractivity contribution in [1.29, 1.82) is 0 Å². The second-order valence-electron chi connectivity index (χ2n) is 9.38. The zero-order valence-corrected chi connectivity index (χ0v) is 15.5. The topological polar surface area (TPSA) is 50.7 Å². The summed E-state index contributed by atoms with van der Waals surface area (Å²) < 4.78 is 5.15. The molecule has 5 rings (SSSR count). The van der Waals surface area contributed by atoms with Gasteiger partial charge in [-0.2, -0.15) is 5.10 Å². The number of hydrogen-bond donors (Lipinski definition) is 1. The first-order valence-electron chi connectivity index (χ1n) is 9.32. The molecule has 4 nitrogen and oxygen atoms in total. The highest BCUT2D eigenvalue weighted by Crippen LogP contribution is 2.69. The van der Waals surface area contributed by atoms with Crippen molar-refractivity contribution >= 4 is 12.1 Å². The molecule has 4 aliphatic carbocycles. The number of methoxy groups -OCH3 is 1. The Morgan fingerprint density at radius 2 is 1.76 bits per heavy atom. The van der Waals surface area contributed by atoms with E-state index >= 15 is 0 Å². The third kappa shape index (κ3) is 2.96. The lowest BCUT2D eigenvalue weighted by Crippen LogP contribution is -2.59. The fourth-order valence-corrected chi connectivity index (χ4v) is 6.67. The molecule has 1 aromatic carbocycles. The van der Waals surface area contributed by atoms with Crippen molar-refractivity contribution in [3.8, 4) is 5.75 Å². The minimum Gasteiger partial charge on any atom is -0.497 e. The standard InChI is InChI=1S/C21H28N2O2/c1-19-8-16-9-20(2,12-19)14-21(10-16,13-19)18(24)23-22-11-15-4-6-17(25-3)7-5-15/h4-7,11,16H,8-10,12-14H2,1-3H3,(H,23,24)/b22-11+. The number of hydrazone groups is 1. The molecule has 1 aromatic rings. The van der Waals surface area contributed by atoms with Gasteiger partial charge in [0.25, 0.3) is 0 Å². The van der Waals surface area contributed by atoms with Gasteiger partial charge in [0.05, 0.1) is 18.7 Å². The first-order chi connectivity index (χ1) is 11.8. The molecule has 1 amide bonds. The summed E-state index contributed by atoms with van der Waals surface area (Å²) in [6.07, 6.45) is 8.68. The molecule has 4 saturated carbocycles. The van der Waals surface area contributed by atoms with Crippen molar-refractivity contribution in [2.45, 2.75) is 52.4 Å². The molecule has 2 atom stereocenters. The summed E-state index contributed by atoms with van der Waals surface area (Å²) in [6, 6.07) is 7.65. The Kier molecular flexibility index (Phi) is 3.71. The summed E-state index contributed by atoms with van der Waals surface area (Å²) in [7, 11) is 1.65. The second-order valence-corrected chi connectivity index (χ2v) is 9.38. The van der Waals surface area contributed by atoms with Gasteiger partial charge in [0.1, 0.15) is 5.75 Å². The summed E-state index contributed by atoms with van der Waals surface area (Å²) in [5.41, 5.74) is 4.27. The summed E-state index contributed by atoms with van der Waals surface area (Å²) >= 11 is 0. The van der Waals surface area contributed by atoms with Crippen LogP contribution in [-0.4, -0.2) is 19.2 Å². The molecule has 0 heterocycles. The predicted octanol–water partition coefficient (Wildman–Crippen LogP) is 4.14. The molecule has 0 aromatic heterocycles. The molecule has 0 radical (unpaired) electrons. The molecule has 25 heavy (non-hydrogen) atoms. The Morgan fingerprint density at radius 1 is 1.12 bits per heavy atom. The molecule has 0 aliphatic heterocycles. The smallest absolute Gasteiger partial charge is 0.246 e. The zero-order chi connectivity index (χ0) is 17.7. The lowest BCUT2D eigenvalue weighted by molar-refractivity contribution is -0.170. The maximum absolute atomic E-state index is 13.0. The van der Waals surface area contributed by atoms with Crippen molar-refractivity contribution in [1.82, 2.24) is 5.43 Å². The Morgan fingerprint density at radius 3 is 2.32 bits per heavy atom. The van der Waals surface area contributed by atoms with Gasteiger partial charge in [-0.25, -0.2) is 5.43 Å². The Balaban J connectivity index is 1.46. The molecule has 1 N–H and O–H groups in total. The highest BCUT2D eigenvalue weighted by Gasteiger charge is 2.62. The minimum absolute atomic E-state index is 0.124. The van der Waals surface area contributed by atoms with Gasteiger partial charge in [0.15, 0.2) is 0 Å². The van der Waals surface area contributed by atoms with Crippen LogP contribution in [-0.2, 0) is 4.79 Å². The highest BCUT2D eigenvalue weighted by atomic mass is 16.5. The van der Waals surface area contributed by atoms with Crippen molar-refractivity contribution in [3.63, 3.8) is 0 Å². The molecule has 134 valence electrons. The van der Waals surface area contributed by atoms with Crippen LogP contribution < -0.4 is 10.2 Å². The number of rotatable bonds is 4. The molecule has 0 saturated heterocycles. The van der Waals surface area contributed by atoms with Crippen molar-refractivity contribution in [2.75, 3.05) is 7.11 Å². The van der Waals surface area contributed by atoms with Gasteiger partial charge < -0.3 is 4.74 Å². The number of benzene rings is 1. The van der Waals surface area contributed by atoms with E-state index in [4.69, 9.17) is 4.74 Å². The number of carbonyl (C=O) groups is 1. The normalized spacial score (nSPS) is 38.9. The Labute approximate surface area is 150 Å². The van der Waals surface area contributed by atoms with Gasteiger partial charge in [-0.15, -0.1) is 0 Å². The van der Waals surface area contributed by atoms with E-state index in [1.54, 1.807) is 13.3 Å². The molecule has 4 heteroatoms. The second kappa shape index (κ2) is 5.58. The molecule has 4 aliphatic rings. The van der Waals surface area contributed by atoms with Crippen LogP contribution >= 0.6 is 0 Å². The van der Waals surface area contributed by atoms with E-state index in [-0.39, 0.29) is 11.3 Å². The van der Waals surface area contributed by atoms with Crippen LogP contribution in [0.1, 0.15) is 57.9 Å². The van der Waals surface area contributed by atoms with Crippen LogP contribution in [0.4, 0.5) is 0 Å². The van der Waals surface area contributed by atoms with E-state index in [2.05, 4.69) is 24.4 Å². The number of ether oxygens (including phenoxy) is 1. The average Bonchev–Trinajstić information content (AvgIpc) is 2.52. The van der Waals surface area contributed by atoms with Crippen LogP contribution in [0.25, 0.3) is 0 Å². The summed E-state index contributed by atoms with van der Waals surface area (Å²) in [5, 5.41) is 4.23. The van der Waals surface area contributed by atoms with E-state index in [0.717, 1.165) is 30.6 Å². The molecule has 2 unspecified atom stereocenters. The largest absolute Gasteiger partial charge is 0.497 e. The Bertz CT molecular complexity index is 691. The average molecular weight is 340 g/mol. The summed E-state index contributed by atoms with van der Waals surface area (Å²) in [6.45, 7) is 4.77. The van der Waals surface area contributed by atoms with Gasteiger partial charge in [-0.3, -0.25) is 4.79 Å². The lowest BCUT2D eigenvalue weighted by atomic mass is 9.40. The number of carbonyl (C=O) groups excluding carboxylic acids is 1. The van der Waals surface area contributed by atoms with Gasteiger partial charge in [-0.1, -0.05) is 13.8 Å². The van der Waals surface area contributed by atoms with Gasteiger partial charge >= 0.3 is 0 Å². The predicted molar refractivity (Wildman–Crippen MR) is 98.6 cm³/mol. The quantitative estimate of drug-likeness (QED) is 0.661. The maximum Gasteiger partial charge on any atom is 0.246 e. The van der Waals surface area contributed by atoms with Gasteiger partial charge in [0.2, 0.25) is 5.91 Å². The number of nitrogens with zero attached hydrogens (tertiary/aromatic N) is 1. The third-order valence-electron chi connectivity index (χ3n) is 6.60. The number of amides is 1. The molecular weight excluding hydrogens is 312 g/mol. The first kappa shape index (κ1) is 16.6. The monoisotopic (exact) mass is 340 g/mol. The van der Waals surface area contributed by atoms with Crippen LogP contribution in [0.5, 0.6) is 5.75 Å². The number of nitrogens with one attached hydrogen (secondary N) is 1. The van der Waals surface area contributed by atoms with E-state index in [1.807, 2.05) is 24.3 Å². The molecular formula is C21H28N2O2. The summed E-state index contributed by atoms with van der Waals surface area (Å²) in [4.78, 5) is 13.0. The third-order valence-corrected chi connectivity index (χ3v) is 6.60. The summed E-state index contributed by atoms with van der Waals surface area (Å²) in [5.74, 6) is 1.65. The van der Waals surface area contributed by atoms with Crippen molar-refractivity contribution in [2.24, 2.45) is 27.3 Å². The molecule has 4 fully saturated rings. The first-order valence-corrected chi connectivity index (χ1v) is 9.32. The number of hydrogen-bond acceptors (Lipinski definition) is 3. The molecule has 4 bridgehead atoms. The fourth-order valence-electron chi connectivity index (χ4n) is 6.67. The van der Waals surface area contributed by atoms with E-state index in [9.17, 15) is 4.79 Å². The van der Waals surface area contributed by atoms with E-state index in [0.29, 0.717) is 16.7 Å². The fraction of sp³-hybridized carbons (Fsp3) is 0.619. The van der Waals surface area contributed by atoms with Gasteiger partial charge in [0, 0.05) is 0 Å². The van der Waals surface area contributed by atoms with Gasteiger partial charge in [-0.05, 0) is 85.1 Å². The van der Waals surface area contributed by atoms with E-state index in [1.165, 1.54) is 19.3 Å². The minimum atomic E-state index is -0.208. The van der Waals surface area contributed by atoms with Crippen LogP contribution in [0.15, 0.2) is 29.4 Å². The molecule has 0 spiro atoms. The Hall–Kier alpha value is -1.84. The van der Waals surface area contributed by atoms with Crippen LogP contribution in [0.3, 0.4) is 0 Å². The SMILES string of the molecule is COc1ccc(/C=N/NC(=O)C23CC4CC(C)(CC(C)(C4)C2)C3)cc1. The zero-order valence-electron chi connectivity index (χ0n) is 15.5. The van der Waals surface area contributed by atoms with Crippen LogP contribution in [0.2, 0.25) is 0 Å². The lowest BCUT2D eigenvalue weighted by Gasteiger charge is -2.64. The maximum atomic E-state index is 13.0. The van der Waals surface area contributed by atoms with E-state index < -0.39 is 0 Å². The highest BCUT2D eigenvalue weighted by molar-refractivity contribution is 5.86. The van der Waals surface area contributed by atoms with Crippen molar-refractivity contribution in [3.05, 3.63) is 29.8 Å².